The third-order valence-corrected chi connectivity index (χ3v) is 3.27. The second-order valence-corrected chi connectivity index (χ2v) is 33.9. The van der Waals surface area contributed by atoms with Gasteiger partial charge in [0, 0.05) is 0 Å². The van der Waals surface area contributed by atoms with Gasteiger partial charge in [0.1, 0.15) is 0 Å². The van der Waals surface area contributed by atoms with E-state index in [0.29, 0.717) is 9.47 Å². The minimum atomic E-state index is -3.11. The molecule has 0 aromatic rings. The topological polar surface area (TPSA) is 224 Å². The number of rotatable bonds is 10. The summed E-state index contributed by atoms with van der Waals surface area (Å²) in [6.07, 6.45) is -3.27. The van der Waals surface area contributed by atoms with Crippen LogP contribution in [0, 0.1) is 5.41 Å². The molecule has 0 aromatic heterocycles. The van der Waals surface area contributed by atoms with Gasteiger partial charge in [-0.15, -0.1) is 11.6 Å². The summed E-state index contributed by atoms with van der Waals surface area (Å²) in [6.45, 7) is 1.09. The Morgan fingerprint density at radius 2 is 0.886 bits per heavy atom. The molecule has 0 fully saturated rings. The SMILES string of the molecule is C.CC(CC(=O)O)(CC(=O)O)C(=O)O.O=C(O)CC(Cl)(CC(=O)O)C(=O)O.[Cl][Ti]([Cl])([Cl])[Cl].[I][V][I]. The van der Waals surface area contributed by atoms with Crippen LogP contribution in [0.15, 0.2) is 0 Å². The second-order valence-electron chi connectivity index (χ2n) is 5.91. The molecule has 0 saturated carbocycles. The van der Waals surface area contributed by atoms with E-state index >= 15 is 0 Å². The van der Waals surface area contributed by atoms with Crippen molar-refractivity contribution in [2.24, 2.45) is 5.41 Å². The van der Waals surface area contributed by atoms with E-state index in [9.17, 15) is 28.8 Å². The molecule has 0 amide bonds. The fraction of sp³-hybridized carbons (Fsp3) is 0.571. The molecule has 0 rings (SSSR count). The number of hydrogen-bond acceptors (Lipinski definition) is 6. The molecule has 0 aliphatic heterocycles. The van der Waals surface area contributed by atoms with Crippen LogP contribution in [-0.4, -0.2) is 71.3 Å². The summed E-state index contributed by atoms with van der Waals surface area (Å²) in [5.74, 6) is -8.65. The molecule has 0 heterocycles. The van der Waals surface area contributed by atoms with Crippen LogP contribution >= 0.6 is 88.8 Å². The van der Waals surface area contributed by atoms with Crippen molar-refractivity contribution in [2.75, 3.05) is 0 Å². The number of alkyl halides is 1. The standard InChI is InChI=1S/C7H10O6.C6H7ClO6.CH4.4ClH.2HI.Ti.V/c1-7(6(12)13,2-4(8)9)3-5(10)11;7-6(5(12)13,1-3(8)9)2-4(10)11;;;;;;;;;/h2-3H2,1H3,(H,8,9)(H,10,11)(H,12,13);1-2H2,(H,8,9)(H,10,11)(H,12,13);1H4;6*1H;;/q;;;;;;;;;+4;+2/p-6. The number of carboxylic acid groups (broad SMARTS) is 6. The maximum absolute atomic E-state index is 10.6. The first-order valence-electron chi connectivity index (χ1n) is 7.68. The minimum absolute atomic E-state index is 0. The van der Waals surface area contributed by atoms with Gasteiger partial charge < -0.3 is 30.6 Å². The molecule has 0 saturated heterocycles. The zero-order chi connectivity index (χ0) is 28.5. The molecule has 0 aliphatic rings. The van der Waals surface area contributed by atoms with Gasteiger partial charge in [0.2, 0.25) is 0 Å². The van der Waals surface area contributed by atoms with E-state index in [1.165, 1.54) is 0 Å². The van der Waals surface area contributed by atoms with E-state index < -0.39 is 84.1 Å². The molecular formula is C14H21Cl5I2O12TiV. The third kappa shape index (κ3) is 35.0. The van der Waals surface area contributed by atoms with Crippen LogP contribution in [0.4, 0.5) is 0 Å². The maximum atomic E-state index is 10.6. The second kappa shape index (κ2) is 23.0. The number of halogens is 7. The molecule has 12 nitrogen and oxygen atoms in total. The van der Waals surface area contributed by atoms with Crippen LogP contribution in [0.25, 0.3) is 0 Å². The summed E-state index contributed by atoms with van der Waals surface area (Å²) < 4.78 is 0. The van der Waals surface area contributed by atoms with E-state index in [0.717, 1.165) is 6.92 Å². The zero-order valence-electron chi connectivity index (χ0n) is 16.6. The molecule has 6 N–H and O–H groups in total. The molecule has 0 aliphatic carbocycles. The van der Waals surface area contributed by atoms with Gasteiger partial charge in [0.15, 0.2) is 4.87 Å². The average molecular weight is 911 g/mol. The van der Waals surface area contributed by atoms with E-state index in [1.54, 1.807) is 0 Å². The molecule has 0 unspecified atom stereocenters. The van der Waals surface area contributed by atoms with Gasteiger partial charge in [-0.05, 0) is 6.92 Å². The predicted octanol–water partition coefficient (Wildman–Crippen LogP) is 5.19. The van der Waals surface area contributed by atoms with E-state index in [1.807, 2.05) is 0 Å². The Balaban J connectivity index is -0.000000129. The van der Waals surface area contributed by atoms with Crippen molar-refractivity contribution in [3.63, 3.8) is 0 Å². The van der Waals surface area contributed by atoms with Crippen molar-refractivity contribution in [1.29, 1.82) is 0 Å². The summed E-state index contributed by atoms with van der Waals surface area (Å²) in [5, 5.41) is 50.3. The first-order chi connectivity index (χ1) is 15.0. The van der Waals surface area contributed by atoms with Crippen LogP contribution in [0.5, 0.6) is 0 Å². The van der Waals surface area contributed by atoms with Crippen molar-refractivity contribution >= 4 is 125 Å². The monoisotopic (exact) mass is 909 g/mol. The van der Waals surface area contributed by atoms with Gasteiger partial charge in [-0.2, -0.15) is 0 Å². The normalized spacial score (nSPS) is 10.2. The Kier molecular flexibility index (Phi) is 30.1. The molecule has 0 bridgehead atoms. The van der Waals surface area contributed by atoms with Crippen LogP contribution in [0.2, 0.25) is 0 Å². The van der Waals surface area contributed by atoms with Crippen molar-refractivity contribution in [2.45, 2.75) is 44.9 Å². The molecule has 0 radical (unpaired) electrons. The Hall–Kier alpha value is 1.03. The number of carboxylic acids is 6. The Morgan fingerprint density at radius 3 is 1.00 bits per heavy atom. The molecule has 0 spiro atoms. The Bertz CT molecular complexity index is 636. The van der Waals surface area contributed by atoms with E-state index in [4.69, 9.17) is 79.5 Å². The molecular weight excluding hydrogens is 890 g/mol. The molecule has 0 aromatic carbocycles. The van der Waals surface area contributed by atoms with Crippen molar-refractivity contribution in [3.8, 4) is 0 Å². The van der Waals surface area contributed by atoms with Gasteiger partial charge >= 0.3 is 135 Å². The van der Waals surface area contributed by atoms with Crippen LogP contribution in [0.3, 0.4) is 0 Å². The fourth-order valence-corrected chi connectivity index (χ4v) is 1.80. The summed E-state index contributed by atoms with van der Waals surface area (Å²) in [6, 6.07) is 0. The Labute approximate surface area is 253 Å². The summed E-state index contributed by atoms with van der Waals surface area (Å²) in [7, 11) is 20.7. The fourth-order valence-electron chi connectivity index (χ4n) is 1.57. The van der Waals surface area contributed by atoms with Crippen molar-refractivity contribution in [1.82, 2.24) is 0 Å². The summed E-state index contributed by atoms with van der Waals surface area (Å²) >= 11 is 6.93. The van der Waals surface area contributed by atoms with Crippen molar-refractivity contribution < 1.29 is 81.2 Å². The first-order valence-corrected chi connectivity index (χ1v) is 25.7. The molecule has 21 heteroatoms. The number of hydrogen-bond donors (Lipinski definition) is 6. The summed E-state index contributed by atoms with van der Waals surface area (Å²) in [4.78, 5) is 59.5. The van der Waals surface area contributed by atoms with Gasteiger partial charge in [0.05, 0.1) is 31.1 Å². The quantitative estimate of drug-likeness (QED) is 0.0948. The third-order valence-electron chi connectivity index (χ3n) is 2.85. The average Bonchev–Trinajstić information content (AvgIpc) is 2.50. The predicted molar refractivity (Wildman–Crippen MR) is 139 cm³/mol. The molecule has 0 atom stereocenters. The van der Waals surface area contributed by atoms with E-state index in [-0.39, 0.29) is 7.43 Å². The number of carbonyl (C=O) groups is 6. The van der Waals surface area contributed by atoms with Gasteiger partial charge in [-0.3, -0.25) is 28.8 Å². The number of aliphatic carboxylic acids is 6. The van der Waals surface area contributed by atoms with Crippen molar-refractivity contribution in [3.05, 3.63) is 0 Å². The first kappa shape index (κ1) is 45.9. The van der Waals surface area contributed by atoms with Crippen LogP contribution in [0.1, 0.15) is 40.0 Å². The van der Waals surface area contributed by atoms with E-state index in [2.05, 4.69) is 40.0 Å². The van der Waals surface area contributed by atoms with Gasteiger partial charge in [-0.1, -0.05) is 7.43 Å². The van der Waals surface area contributed by atoms with Crippen LogP contribution < -0.4 is 0 Å². The summed E-state index contributed by atoms with van der Waals surface area (Å²) in [5.41, 5.74) is -1.74. The molecule has 35 heavy (non-hydrogen) atoms. The molecule has 207 valence electrons. The van der Waals surface area contributed by atoms with Gasteiger partial charge in [-0.25, -0.2) is 0 Å². The van der Waals surface area contributed by atoms with Crippen LogP contribution in [-0.2, 0) is 50.6 Å². The van der Waals surface area contributed by atoms with Gasteiger partial charge in [0.25, 0.3) is 0 Å². The Morgan fingerprint density at radius 1 is 0.686 bits per heavy atom. The zero-order valence-corrected chi connectivity index (χ0v) is 27.6.